The molecule has 0 saturated carbocycles. The molecule has 0 aromatic heterocycles. The molecule has 5 heavy (non-hydrogen) atoms. The standard InChI is InChI=1S/CHB2OP/c2-1(4)5-3/h5H. The first-order valence-electron chi connectivity index (χ1n) is 1.03. The van der Waals surface area contributed by atoms with E-state index in [1.165, 1.54) is 0 Å². The highest BCUT2D eigenvalue weighted by Crippen LogP contribution is 1.97. The van der Waals surface area contributed by atoms with Gasteiger partial charge in [0.05, 0.1) is 5.42 Å². The van der Waals surface area contributed by atoms with Crippen molar-refractivity contribution in [3.05, 3.63) is 0 Å². The van der Waals surface area contributed by atoms with Crippen LogP contribution in [0.15, 0.2) is 0 Å². The van der Waals surface area contributed by atoms with Gasteiger partial charge in [0.1, 0.15) is 7.57 Å². The second-order valence-corrected chi connectivity index (χ2v) is 1.29. The molecule has 4 radical (unpaired) electrons. The van der Waals surface area contributed by atoms with Gasteiger partial charge in [-0.15, -0.1) is 8.46 Å². The molecule has 1 unspecified atom stereocenters. The molecule has 0 rings (SSSR count). The molecule has 0 saturated heterocycles. The van der Waals surface area contributed by atoms with Gasteiger partial charge in [-0.2, -0.15) is 0 Å². The maximum Gasteiger partial charge on any atom is 0.173 e. The van der Waals surface area contributed by atoms with Crippen molar-refractivity contribution >= 4 is 29.3 Å². The van der Waals surface area contributed by atoms with Crippen molar-refractivity contribution in [2.75, 3.05) is 0 Å². The normalized spacial score (nSPS) is 9.60. The fraction of sp³-hybridized carbons (Fsp3) is 0. The largest absolute Gasteiger partial charge is 0.309 e. The fourth-order valence-corrected chi connectivity index (χ4v) is 0. The van der Waals surface area contributed by atoms with E-state index in [0.717, 1.165) is 0 Å². The zero-order valence-electron chi connectivity index (χ0n) is 2.56. The van der Waals surface area contributed by atoms with Crippen molar-refractivity contribution in [1.29, 1.82) is 0 Å². The summed E-state index contributed by atoms with van der Waals surface area (Å²) in [6.07, 6.45) is 0. The summed E-state index contributed by atoms with van der Waals surface area (Å²) >= 11 is 0. The highest BCUT2D eigenvalue weighted by atomic mass is 31.1. The first-order chi connectivity index (χ1) is 2.27. The Hall–Kier alpha value is 0.230. The van der Waals surface area contributed by atoms with E-state index in [1.807, 2.05) is 0 Å². The van der Waals surface area contributed by atoms with E-state index in [-0.39, 0.29) is 8.46 Å². The van der Waals surface area contributed by atoms with Crippen LogP contribution in [0.5, 0.6) is 0 Å². The second kappa shape index (κ2) is 2.47. The molecule has 4 heteroatoms. The fourth-order valence-electron chi connectivity index (χ4n) is 0. The summed E-state index contributed by atoms with van der Waals surface area (Å²) in [5, 5.41) is 0. The molecule has 0 aromatic rings. The minimum atomic E-state index is -0.440. The van der Waals surface area contributed by atoms with Gasteiger partial charge in [0.15, 0.2) is 7.85 Å². The van der Waals surface area contributed by atoms with E-state index < -0.39 is 5.42 Å². The second-order valence-electron chi connectivity index (χ2n) is 0.509. The van der Waals surface area contributed by atoms with Crippen molar-refractivity contribution in [3.8, 4) is 0 Å². The van der Waals surface area contributed by atoms with Crippen LogP contribution in [0, 0.1) is 0 Å². The summed E-state index contributed by atoms with van der Waals surface area (Å²) in [7, 11) is 9.02. The molecule has 0 spiro atoms. The molecule has 0 bridgehead atoms. The van der Waals surface area contributed by atoms with Crippen molar-refractivity contribution in [1.82, 2.24) is 0 Å². The van der Waals surface area contributed by atoms with Crippen LogP contribution in [0.4, 0.5) is 4.79 Å². The number of carbonyl (C=O) groups excluding carboxylic acids is 1. The molecule has 0 amide bonds. The topological polar surface area (TPSA) is 17.1 Å². The molecular weight excluding hydrogens is 80.6 g/mol. The predicted octanol–water partition coefficient (Wildman–Crippen LogP) is 0.0369. The molecule has 0 N–H and O–H groups in total. The third-order valence-electron chi connectivity index (χ3n) is 0.142. The SMILES string of the molecule is [B]PC([B])=O. The van der Waals surface area contributed by atoms with Gasteiger partial charge in [0.25, 0.3) is 0 Å². The van der Waals surface area contributed by atoms with Crippen LogP contribution in [0.1, 0.15) is 0 Å². The Balaban J connectivity index is 2.85. The zero-order valence-corrected chi connectivity index (χ0v) is 3.56. The lowest BCUT2D eigenvalue weighted by atomic mass is 10.2. The van der Waals surface area contributed by atoms with Crippen LogP contribution in [0.3, 0.4) is 0 Å². The minimum Gasteiger partial charge on any atom is -0.309 e. The van der Waals surface area contributed by atoms with Gasteiger partial charge in [-0.05, 0) is 0 Å². The average molecular weight is 81.6 g/mol. The Kier molecular flexibility index (Phi) is 2.58. The third kappa shape index (κ3) is 4.23. The summed E-state index contributed by atoms with van der Waals surface area (Å²) in [4.78, 5) is 9.48. The smallest absolute Gasteiger partial charge is 0.173 e. The number of rotatable bonds is 1. The quantitative estimate of drug-likeness (QED) is 0.322. The molecular formula is CHB2OP. The summed E-state index contributed by atoms with van der Waals surface area (Å²) in [6, 6.07) is 0. The predicted molar refractivity (Wildman–Crippen MR) is 25.2 cm³/mol. The van der Waals surface area contributed by atoms with E-state index in [4.69, 9.17) is 7.57 Å². The van der Waals surface area contributed by atoms with Crippen LogP contribution in [-0.2, 0) is 0 Å². The molecule has 1 atom stereocenters. The molecule has 0 aliphatic rings. The maximum atomic E-state index is 9.48. The Labute approximate surface area is 35.1 Å². The Morgan fingerprint density at radius 2 is 2.00 bits per heavy atom. The third-order valence-corrected chi connectivity index (χ3v) is 0.427. The molecule has 1 nitrogen and oxygen atoms in total. The van der Waals surface area contributed by atoms with Crippen molar-refractivity contribution in [2.24, 2.45) is 0 Å². The van der Waals surface area contributed by atoms with E-state index in [2.05, 4.69) is 7.85 Å². The average Bonchev–Trinajstić information content (AvgIpc) is 1.38. The van der Waals surface area contributed by atoms with Crippen molar-refractivity contribution in [3.63, 3.8) is 0 Å². The first-order valence-corrected chi connectivity index (χ1v) is 2.11. The Morgan fingerprint density at radius 1 is 1.80 bits per heavy atom. The number of hydrogen-bond acceptors (Lipinski definition) is 1. The van der Waals surface area contributed by atoms with E-state index >= 15 is 0 Å². The van der Waals surface area contributed by atoms with E-state index in [1.54, 1.807) is 0 Å². The zero-order chi connectivity index (χ0) is 4.28. The molecule has 0 fully saturated rings. The Morgan fingerprint density at radius 3 is 2.00 bits per heavy atom. The highest BCUT2D eigenvalue weighted by molar-refractivity contribution is 7.84. The monoisotopic (exact) mass is 82.0 g/mol. The summed E-state index contributed by atoms with van der Waals surface area (Å²) in [5.41, 5.74) is -0.440. The van der Waals surface area contributed by atoms with Crippen LogP contribution < -0.4 is 0 Å². The number of hydrogen-bond donors (Lipinski definition) is 0. The van der Waals surface area contributed by atoms with Crippen molar-refractivity contribution < 1.29 is 4.79 Å². The van der Waals surface area contributed by atoms with Gasteiger partial charge in [0, 0.05) is 0 Å². The van der Waals surface area contributed by atoms with Crippen LogP contribution in [-0.4, -0.2) is 20.8 Å². The van der Waals surface area contributed by atoms with Gasteiger partial charge in [-0.25, -0.2) is 0 Å². The number of carbonyl (C=O) groups is 1. The van der Waals surface area contributed by atoms with Crippen LogP contribution in [0.2, 0.25) is 0 Å². The van der Waals surface area contributed by atoms with Gasteiger partial charge < -0.3 is 4.79 Å². The lowest BCUT2D eigenvalue weighted by molar-refractivity contribution is 0.275. The molecule has 0 aliphatic carbocycles. The summed E-state index contributed by atoms with van der Waals surface area (Å²) in [6.45, 7) is 0. The van der Waals surface area contributed by atoms with E-state index in [9.17, 15) is 4.79 Å². The lowest BCUT2D eigenvalue weighted by Crippen LogP contribution is -1.76. The Bertz CT molecular complexity index is 44.9. The van der Waals surface area contributed by atoms with Gasteiger partial charge in [-0.1, -0.05) is 0 Å². The highest BCUT2D eigenvalue weighted by Gasteiger charge is 1.76. The minimum absolute atomic E-state index is 0.247. The molecule has 22 valence electrons. The maximum absolute atomic E-state index is 9.48. The van der Waals surface area contributed by atoms with Crippen LogP contribution in [0.25, 0.3) is 0 Å². The molecule has 0 heterocycles. The van der Waals surface area contributed by atoms with E-state index in [0.29, 0.717) is 0 Å². The van der Waals surface area contributed by atoms with Gasteiger partial charge in [0.2, 0.25) is 0 Å². The van der Waals surface area contributed by atoms with Gasteiger partial charge >= 0.3 is 0 Å². The summed E-state index contributed by atoms with van der Waals surface area (Å²) < 4.78 is 0. The molecule has 0 aromatic carbocycles. The van der Waals surface area contributed by atoms with Crippen molar-refractivity contribution in [2.45, 2.75) is 0 Å². The molecule has 0 aliphatic heterocycles. The van der Waals surface area contributed by atoms with Crippen LogP contribution >= 0.6 is 8.46 Å². The van der Waals surface area contributed by atoms with Gasteiger partial charge in [-0.3, -0.25) is 0 Å². The first kappa shape index (κ1) is 5.23. The summed E-state index contributed by atoms with van der Waals surface area (Å²) in [5.74, 6) is 0. The lowest BCUT2D eigenvalue weighted by Gasteiger charge is -1.73.